The van der Waals surface area contributed by atoms with Gasteiger partial charge >= 0.3 is 0 Å². The first kappa shape index (κ1) is 31.1. The number of carbonyl (C=O) groups excluding carboxylic acids is 1. The molecule has 1 N–H and O–H groups in total. The number of nitrogens with zero attached hydrogens (tertiary/aromatic N) is 5. The molecule has 0 unspecified atom stereocenters. The molecule has 1 fully saturated rings. The number of aryl methyl sites for hydroxylation is 3. The molecule has 0 spiro atoms. The molecule has 9 nitrogen and oxygen atoms in total. The van der Waals surface area contributed by atoms with Gasteiger partial charge in [-0.15, -0.1) is 21.5 Å². The number of carbonyl (C=O) groups is 1. The second-order valence-electron chi connectivity index (χ2n) is 13.0. The first-order chi connectivity index (χ1) is 24.4. The minimum Gasteiger partial charge on any atom is -0.493 e. The summed E-state index contributed by atoms with van der Waals surface area (Å²) in [6.07, 6.45) is 6.30. The van der Waals surface area contributed by atoms with E-state index >= 15 is 0 Å². The molecule has 2 atom stereocenters. The van der Waals surface area contributed by atoms with Crippen molar-refractivity contribution in [1.29, 1.82) is 0 Å². The van der Waals surface area contributed by atoms with Crippen molar-refractivity contribution in [3.63, 3.8) is 0 Å². The van der Waals surface area contributed by atoms with Gasteiger partial charge in [0.25, 0.3) is 5.91 Å². The summed E-state index contributed by atoms with van der Waals surface area (Å²) in [4.78, 5) is 27.1. The van der Waals surface area contributed by atoms with E-state index in [1.807, 2.05) is 41.3 Å². The van der Waals surface area contributed by atoms with Crippen LogP contribution in [0.4, 0.5) is 10.2 Å². The number of rotatable bonds is 8. The zero-order valence-electron chi connectivity index (χ0n) is 27.4. The molecule has 1 aliphatic carbocycles. The highest BCUT2D eigenvalue weighted by Crippen LogP contribution is 2.51. The molecule has 0 bridgehead atoms. The van der Waals surface area contributed by atoms with Crippen LogP contribution >= 0.6 is 22.9 Å². The van der Waals surface area contributed by atoms with E-state index in [1.165, 1.54) is 13.2 Å². The first-order valence-electron chi connectivity index (χ1n) is 16.8. The summed E-state index contributed by atoms with van der Waals surface area (Å²) in [5.74, 6) is 1.43. The Morgan fingerprint density at radius 2 is 1.98 bits per heavy atom. The maximum Gasteiger partial charge on any atom is 0.257 e. The van der Waals surface area contributed by atoms with Crippen molar-refractivity contribution in [3.8, 4) is 27.6 Å². The Hall–Kier alpha value is -4.87. The van der Waals surface area contributed by atoms with Crippen molar-refractivity contribution >= 4 is 44.7 Å². The van der Waals surface area contributed by atoms with Crippen molar-refractivity contribution in [2.75, 3.05) is 19.0 Å². The van der Waals surface area contributed by atoms with Crippen LogP contribution in [0.25, 0.3) is 32.0 Å². The Labute approximate surface area is 296 Å². The maximum absolute atomic E-state index is 14.5. The summed E-state index contributed by atoms with van der Waals surface area (Å²) in [6, 6.07) is 15.1. The van der Waals surface area contributed by atoms with E-state index in [1.54, 1.807) is 24.5 Å². The van der Waals surface area contributed by atoms with Gasteiger partial charge in [-0.3, -0.25) is 9.78 Å². The zero-order valence-corrected chi connectivity index (χ0v) is 29.0. The topological polar surface area (TPSA) is 106 Å². The average Bonchev–Trinajstić information content (AvgIpc) is 3.95. The molecule has 2 aromatic carbocycles. The maximum atomic E-state index is 14.5. The van der Waals surface area contributed by atoms with Gasteiger partial charge in [0.2, 0.25) is 11.8 Å². The molecule has 0 saturated carbocycles. The number of fused-ring (bicyclic) bond motifs is 5. The molecular formula is C38H32ClFN6O3S. The van der Waals surface area contributed by atoms with E-state index in [2.05, 4.69) is 21.6 Å². The molecule has 9 rings (SSSR count). The van der Waals surface area contributed by atoms with Gasteiger partial charge in [0.15, 0.2) is 11.6 Å². The summed E-state index contributed by atoms with van der Waals surface area (Å²) in [6.45, 7) is 2.46. The minimum atomic E-state index is -0.353. The molecular weight excluding hydrogens is 675 g/mol. The number of anilines is 1. The third-order valence-electron chi connectivity index (χ3n) is 10.2. The molecule has 252 valence electrons. The minimum absolute atomic E-state index is 0.0159. The highest BCUT2D eigenvalue weighted by Gasteiger charge is 2.45. The number of thiophene rings is 1. The lowest BCUT2D eigenvalue weighted by atomic mass is 9.93. The lowest BCUT2D eigenvalue weighted by molar-refractivity contribution is 0.0776. The van der Waals surface area contributed by atoms with Crippen LogP contribution in [0.3, 0.4) is 0 Å². The van der Waals surface area contributed by atoms with Crippen LogP contribution < -0.4 is 10.1 Å². The first-order valence-corrected chi connectivity index (χ1v) is 18.0. The number of ether oxygens (including phenoxy) is 1. The van der Waals surface area contributed by atoms with Crippen LogP contribution in [-0.2, 0) is 19.3 Å². The Morgan fingerprint density at radius 3 is 2.80 bits per heavy atom. The monoisotopic (exact) mass is 706 g/mol. The van der Waals surface area contributed by atoms with Crippen LogP contribution in [0, 0.1) is 12.7 Å². The SMILES string of the molecule is COc1c(F)ccc2c1CC[C@H]2Nc1nccc2cc(-c3c4c(nc(CCc5ccccc5Cl)c3-c3nnc(C)o3)[C@H]3CCCN3C4=O)sc12. The number of aromatic nitrogens is 4. The molecule has 1 amide bonds. The molecule has 2 aliphatic heterocycles. The fourth-order valence-electron chi connectivity index (χ4n) is 7.93. The van der Waals surface area contributed by atoms with Crippen LogP contribution in [-0.4, -0.2) is 44.6 Å². The number of hydrogen-bond donors (Lipinski definition) is 1. The van der Waals surface area contributed by atoms with Crippen molar-refractivity contribution < 1.29 is 18.3 Å². The van der Waals surface area contributed by atoms with Gasteiger partial charge in [0, 0.05) is 40.7 Å². The largest absolute Gasteiger partial charge is 0.493 e. The molecule has 3 aliphatic rings. The molecule has 1 saturated heterocycles. The quantitative estimate of drug-likeness (QED) is 0.168. The number of benzene rings is 2. The van der Waals surface area contributed by atoms with Crippen molar-refractivity contribution in [2.24, 2.45) is 0 Å². The summed E-state index contributed by atoms with van der Waals surface area (Å²) >= 11 is 8.16. The van der Waals surface area contributed by atoms with E-state index in [-0.39, 0.29) is 23.8 Å². The van der Waals surface area contributed by atoms with Crippen molar-refractivity contribution in [3.05, 3.63) is 105 Å². The Kier molecular flexibility index (Phi) is 7.58. The lowest BCUT2D eigenvalue weighted by Crippen LogP contribution is -2.22. The van der Waals surface area contributed by atoms with Gasteiger partial charge in [-0.2, -0.15) is 0 Å². The van der Waals surface area contributed by atoms with Gasteiger partial charge in [-0.1, -0.05) is 35.9 Å². The molecule has 50 heavy (non-hydrogen) atoms. The summed E-state index contributed by atoms with van der Waals surface area (Å²) < 4.78 is 27.0. The summed E-state index contributed by atoms with van der Waals surface area (Å²) in [5, 5.41) is 14.0. The third-order valence-corrected chi connectivity index (χ3v) is 11.7. The van der Waals surface area contributed by atoms with E-state index in [0.29, 0.717) is 59.5 Å². The third kappa shape index (κ3) is 4.97. The fourth-order valence-corrected chi connectivity index (χ4v) is 9.32. The van der Waals surface area contributed by atoms with E-state index in [4.69, 9.17) is 30.7 Å². The number of hydrogen-bond acceptors (Lipinski definition) is 9. The molecule has 12 heteroatoms. The Morgan fingerprint density at radius 1 is 1.10 bits per heavy atom. The number of methoxy groups -OCH3 is 1. The normalized spacial score (nSPS) is 17.8. The van der Waals surface area contributed by atoms with Gasteiger partial charge in [-0.25, -0.2) is 9.37 Å². The number of halogens is 2. The van der Waals surface area contributed by atoms with Crippen molar-refractivity contribution in [1.82, 2.24) is 25.1 Å². The molecule has 6 aromatic rings. The lowest BCUT2D eigenvalue weighted by Gasteiger charge is -2.16. The second kappa shape index (κ2) is 12.2. The van der Waals surface area contributed by atoms with Crippen LogP contribution in [0.15, 0.2) is 59.1 Å². The van der Waals surface area contributed by atoms with Gasteiger partial charge in [0.1, 0.15) is 5.82 Å². The van der Waals surface area contributed by atoms with Gasteiger partial charge in [0.05, 0.1) is 46.4 Å². The summed E-state index contributed by atoms with van der Waals surface area (Å²) in [7, 11) is 1.51. The molecule has 6 heterocycles. The van der Waals surface area contributed by atoms with E-state index < -0.39 is 0 Å². The Balaban J connectivity index is 1.20. The number of pyridine rings is 2. The number of nitrogens with one attached hydrogen (secondary N) is 1. The molecule has 4 aromatic heterocycles. The van der Waals surface area contributed by atoms with Crippen molar-refractivity contribution in [2.45, 2.75) is 57.5 Å². The van der Waals surface area contributed by atoms with Crippen LogP contribution in [0.5, 0.6) is 5.75 Å². The summed E-state index contributed by atoms with van der Waals surface area (Å²) in [5.41, 5.74) is 6.57. The van der Waals surface area contributed by atoms with E-state index in [0.717, 1.165) is 73.7 Å². The molecule has 0 radical (unpaired) electrons. The highest BCUT2D eigenvalue weighted by molar-refractivity contribution is 7.23. The predicted octanol–water partition coefficient (Wildman–Crippen LogP) is 8.69. The zero-order chi connectivity index (χ0) is 34.1. The average molecular weight is 707 g/mol. The van der Waals surface area contributed by atoms with E-state index in [9.17, 15) is 9.18 Å². The number of amides is 1. The Bertz CT molecular complexity index is 2340. The smallest absolute Gasteiger partial charge is 0.257 e. The van der Waals surface area contributed by atoms with Crippen LogP contribution in [0.1, 0.15) is 75.7 Å². The van der Waals surface area contributed by atoms with Crippen LogP contribution in [0.2, 0.25) is 5.02 Å². The fraction of sp³-hybridized carbons (Fsp3) is 0.289. The van der Waals surface area contributed by atoms with Gasteiger partial charge in [-0.05, 0) is 79.3 Å². The van der Waals surface area contributed by atoms with Gasteiger partial charge < -0.3 is 19.4 Å². The highest BCUT2D eigenvalue weighted by atomic mass is 35.5. The predicted molar refractivity (Wildman–Crippen MR) is 190 cm³/mol. The standard InChI is InChI=1S/C38H32ClFN6O3S/c1-19-44-45-37(49-19)30-27(13-9-20-6-3-4-7-24(20)39)42-33-28-8-5-17-46(28)38(47)32(33)31(30)29-18-21-15-16-41-36(35(21)50-29)43-26-14-11-23-22(26)10-12-25(40)34(23)48-2/h3-4,6-7,10,12,15-16,18,26,28H,5,8-9,11,13-14,17H2,1-2H3,(H,41,43)/t26-,28-/m1/s1. The second-order valence-corrected chi connectivity index (χ2v) is 14.5.